The van der Waals surface area contributed by atoms with E-state index in [0.29, 0.717) is 5.69 Å². The summed E-state index contributed by atoms with van der Waals surface area (Å²) in [6, 6.07) is 0. The predicted molar refractivity (Wildman–Crippen MR) is 66.8 cm³/mol. The molecule has 3 N–H and O–H groups in total. The Balaban J connectivity index is 2.14. The van der Waals surface area contributed by atoms with Crippen LogP contribution in [0.4, 0.5) is 5.82 Å². The molecule has 7 heteroatoms. The molecule has 0 amide bonds. The van der Waals surface area contributed by atoms with Crippen molar-refractivity contribution in [3.8, 4) is 0 Å². The lowest BCUT2D eigenvalue weighted by molar-refractivity contribution is -0.00547. The molecule has 0 bridgehead atoms. The molecule has 0 aliphatic carbocycles. The third-order valence-electron chi connectivity index (χ3n) is 2.75. The van der Waals surface area contributed by atoms with Crippen LogP contribution in [0.25, 0.3) is 0 Å². The first-order valence-electron chi connectivity index (χ1n) is 5.80. The van der Waals surface area contributed by atoms with Gasteiger partial charge in [-0.1, -0.05) is 5.16 Å². The Bertz CT molecular complexity index is 424. The summed E-state index contributed by atoms with van der Waals surface area (Å²) in [6.45, 7) is 5.62. The van der Waals surface area contributed by atoms with Crippen molar-refractivity contribution >= 4 is 11.7 Å². The van der Waals surface area contributed by atoms with Gasteiger partial charge in [0.05, 0.1) is 24.6 Å². The van der Waals surface area contributed by atoms with Crippen LogP contribution in [0.5, 0.6) is 0 Å². The minimum absolute atomic E-state index is 0.0437. The highest BCUT2D eigenvalue weighted by Crippen LogP contribution is 2.17. The van der Waals surface area contributed by atoms with Crippen molar-refractivity contribution < 1.29 is 9.94 Å². The molecule has 1 aromatic heterocycles. The molecule has 1 aliphatic rings. The van der Waals surface area contributed by atoms with Gasteiger partial charge in [0.15, 0.2) is 5.84 Å². The number of hydrogen-bond acceptors (Lipinski definition) is 6. The van der Waals surface area contributed by atoms with Crippen molar-refractivity contribution in [2.45, 2.75) is 26.1 Å². The Morgan fingerprint density at radius 2 is 2.06 bits per heavy atom. The van der Waals surface area contributed by atoms with Crippen molar-refractivity contribution in [2.24, 2.45) is 10.9 Å². The van der Waals surface area contributed by atoms with Crippen LogP contribution in [0.2, 0.25) is 0 Å². The quantitative estimate of drug-likeness (QED) is 0.337. The van der Waals surface area contributed by atoms with Crippen molar-refractivity contribution in [3.63, 3.8) is 0 Å². The molecule has 0 saturated carbocycles. The third kappa shape index (κ3) is 2.67. The molecule has 1 saturated heterocycles. The molecule has 0 spiro atoms. The van der Waals surface area contributed by atoms with E-state index in [1.807, 2.05) is 13.8 Å². The standard InChI is InChI=1S/C11H17N5O2/c1-7-5-16(6-8(2)18-7)10-4-13-9(3-14-10)11(12)15-17/h3-4,7-8,17H,5-6H2,1-2H3,(H2,12,15)/t7-,8+. The lowest BCUT2D eigenvalue weighted by atomic mass is 10.2. The van der Waals surface area contributed by atoms with Gasteiger partial charge >= 0.3 is 0 Å². The maximum absolute atomic E-state index is 8.54. The highest BCUT2D eigenvalue weighted by Gasteiger charge is 2.23. The van der Waals surface area contributed by atoms with Gasteiger partial charge in [-0.05, 0) is 13.8 Å². The summed E-state index contributed by atoms with van der Waals surface area (Å²) in [5.74, 6) is 0.726. The second kappa shape index (κ2) is 5.18. The molecule has 2 rings (SSSR count). The van der Waals surface area contributed by atoms with E-state index in [9.17, 15) is 0 Å². The minimum Gasteiger partial charge on any atom is -0.409 e. The van der Waals surface area contributed by atoms with Crippen LogP contribution >= 0.6 is 0 Å². The summed E-state index contributed by atoms with van der Waals surface area (Å²) in [5.41, 5.74) is 5.79. The lowest BCUT2D eigenvalue weighted by Crippen LogP contribution is -2.45. The number of anilines is 1. The molecule has 18 heavy (non-hydrogen) atoms. The lowest BCUT2D eigenvalue weighted by Gasteiger charge is -2.35. The van der Waals surface area contributed by atoms with E-state index in [0.717, 1.165) is 18.9 Å². The topological polar surface area (TPSA) is 96.9 Å². The molecule has 98 valence electrons. The zero-order chi connectivity index (χ0) is 13.1. The molecular weight excluding hydrogens is 234 g/mol. The SMILES string of the molecule is C[C@@H]1CN(c2cnc(C(N)=NO)cn2)C[C@H](C)O1. The van der Waals surface area contributed by atoms with E-state index in [-0.39, 0.29) is 18.0 Å². The van der Waals surface area contributed by atoms with Crippen LogP contribution in [0.3, 0.4) is 0 Å². The number of nitrogens with two attached hydrogens (primary N) is 1. The van der Waals surface area contributed by atoms with Crippen molar-refractivity contribution in [2.75, 3.05) is 18.0 Å². The van der Waals surface area contributed by atoms with Crippen LogP contribution in [0, 0.1) is 0 Å². The number of morpholine rings is 1. The molecule has 1 aromatic rings. The molecule has 1 aliphatic heterocycles. The Labute approximate surface area is 105 Å². The van der Waals surface area contributed by atoms with E-state index >= 15 is 0 Å². The summed E-state index contributed by atoms with van der Waals surface area (Å²) in [5, 5.41) is 11.4. The summed E-state index contributed by atoms with van der Waals surface area (Å²) in [6.07, 6.45) is 3.45. The van der Waals surface area contributed by atoms with Gasteiger partial charge in [0, 0.05) is 13.1 Å². The second-order valence-corrected chi connectivity index (χ2v) is 4.41. The largest absolute Gasteiger partial charge is 0.409 e. The number of amidine groups is 1. The first kappa shape index (κ1) is 12.6. The van der Waals surface area contributed by atoms with Crippen molar-refractivity contribution in [1.29, 1.82) is 0 Å². The normalized spacial score (nSPS) is 25.2. The van der Waals surface area contributed by atoms with Crippen LogP contribution < -0.4 is 10.6 Å². The smallest absolute Gasteiger partial charge is 0.190 e. The number of rotatable bonds is 2. The highest BCUT2D eigenvalue weighted by atomic mass is 16.5. The fourth-order valence-corrected chi connectivity index (χ4v) is 2.03. The van der Waals surface area contributed by atoms with Gasteiger partial charge in [-0.2, -0.15) is 0 Å². The number of hydrogen-bond donors (Lipinski definition) is 2. The average molecular weight is 251 g/mol. The van der Waals surface area contributed by atoms with E-state index in [4.69, 9.17) is 15.7 Å². The molecule has 7 nitrogen and oxygen atoms in total. The Morgan fingerprint density at radius 3 is 2.56 bits per heavy atom. The van der Waals surface area contributed by atoms with Gasteiger partial charge in [0.25, 0.3) is 0 Å². The molecule has 0 aromatic carbocycles. The van der Waals surface area contributed by atoms with Gasteiger partial charge < -0.3 is 20.6 Å². The van der Waals surface area contributed by atoms with Gasteiger partial charge in [-0.3, -0.25) is 0 Å². The Hall–Kier alpha value is -1.89. The van der Waals surface area contributed by atoms with Gasteiger partial charge in [-0.25, -0.2) is 9.97 Å². The van der Waals surface area contributed by atoms with Crippen molar-refractivity contribution in [1.82, 2.24) is 9.97 Å². The molecule has 2 atom stereocenters. The maximum atomic E-state index is 8.54. The Morgan fingerprint density at radius 1 is 1.39 bits per heavy atom. The summed E-state index contributed by atoms with van der Waals surface area (Å²) >= 11 is 0. The van der Waals surface area contributed by atoms with Crippen LogP contribution in [-0.2, 0) is 4.74 Å². The second-order valence-electron chi connectivity index (χ2n) is 4.41. The molecule has 1 fully saturated rings. The minimum atomic E-state index is -0.0437. The summed E-state index contributed by atoms with van der Waals surface area (Å²) < 4.78 is 5.66. The number of oxime groups is 1. The van der Waals surface area contributed by atoms with E-state index < -0.39 is 0 Å². The van der Waals surface area contributed by atoms with Gasteiger partial charge in [0.2, 0.25) is 0 Å². The first-order chi connectivity index (χ1) is 8.60. The van der Waals surface area contributed by atoms with Gasteiger partial charge in [0.1, 0.15) is 11.5 Å². The molecule has 2 heterocycles. The maximum Gasteiger partial charge on any atom is 0.190 e. The highest BCUT2D eigenvalue weighted by molar-refractivity contribution is 5.94. The summed E-state index contributed by atoms with van der Waals surface area (Å²) in [7, 11) is 0. The fourth-order valence-electron chi connectivity index (χ4n) is 2.03. The Kier molecular flexibility index (Phi) is 3.61. The molecular formula is C11H17N5O2. The fraction of sp³-hybridized carbons (Fsp3) is 0.545. The van der Waals surface area contributed by atoms with Gasteiger partial charge in [-0.15, -0.1) is 0 Å². The summed E-state index contributed by atoms with van der Waals surface area (Å²) in [4.78, 5) is 10.5. The van der Waals surface area contributed by atoms with Crippen LogP contribution in [0.1, 0.15) is 19.5 Å². The van der Waals surface area contributed by atoms with Crippen LogP contribution in [-0.4, -0.2) is 46.3 Å². The zero-order valence-electron chi connectivity index (χ0n) is 10.4. The van der Waals surface area contributed by atoms with E-state index in [1.54, 1.807) is 6.20 Å². The molecule has 0 radical (unpaired) electrons. The average Bonchev–Trinajstić information content (AvgIpc) is 2.37. The van der Waals surface area contributed by atoms with Crippen LogP contribution in [0.15, 0.2) is 17.5 Å². The predicted octanol–water partition coefficient (Wildman–Crippen LogP) is 0.185. The van der Waals surface area contributed by atoms with E-state index in [2.05, 4.69) is 20.0 Å². The number of ether oxygens (including phenoxy) is 1. The zero-order valence-corrected chi connectivity index (χ0v) is 10.4. The van der Waals surface area contributed by atoms with Crippen molar-refractivity contribution in [3.05, 3.63) is 18.1 Å². The number of nitrogens with zero attached hydrogens (tertiary/aromatic N) is 4. The first-order valence-corrected chi connectivity index (χ1v) is 5.80. The third-order valence-corrected chi connectivity index (χ3v) is 2.75. The number of aromatic nitrogens is 2. The monoisotopic (exact) mass is 251 g/mol. The molecule has 0 unspecified atom stereocenters. The van der Waals surface area contributed by atoms with E-state index in [1.165, 1.54) is 6.20 Å².